The molecule has 2 rings (SSSR count). The number of pyridine rings is 1. The van der Waals surface area contributed by atoms with Crippen LogP contribution >= 0.6 is 0 Å². The van der Waals surface area contributed by atoms with Crippen molar-refractivity contribution < 1.29 is 0 Å². The summed E-state index contributed by atoms with van der Waals surface area (Å²) in [5.41, 5.74) is 1.71. The number of nitriles is 1. The van der Waals surface area contributed by atoms with Gasteiger partial charge in [-0.15, -0.1) is 0 Å². The lowest BCUT2D eigenvalue weighted by atomic mass is 10.1. The zero-order valence-corrected chi connectivity index (χ0v) is 14.3. The van der Waals surface area contributed by atoms with Gasteiger partial charge >= 0.3 is 0 Å². The molecule has 22 heavy (non-hydrogen) atoms. The molecule has 1 aliphatic rings. The van der Waals surface area contributed by atoms with Gasteiger partial charge in [0.2, 0.25) is 0 Å². The van der Waals surface area contributed by atoms with Gasteiger partial charge in [-0.3, -0.25) is 0 Å². The molecule has 1 saturated carbocycles. The van der Waals surface area contributed by atoms with E-state index in [4.69, 9.17) is 4.98 Å². The zero-order valence-electron chi connectivity index (χ0n) is 14.3. The monoisotopic (exact) mass is 300 g/mol. The summed E-state index contributed by atoms with van der Waals surface area (Å²) < 4.78 is 0. The molecule has 0 N–H and O–H groups in total. The van der Waals surface area contributed by atoms with Gasteiger partial charge in [0.25, 0.3) is 0 Å². The lowest BCUT2D eigenvalue weighted by Gasteiger charge is -2.27. The summed E-state index contributed by atoms with van der Waals surface area (Å²) in [6, 6.07) is 6.86. The van der Waals surface area contributed by atoms with Crippen molar-refractivity contribution in [3.63, 3.8) is 0 Å². The van der Waals surface area contributed by atoms with Crippen LogP contribution < -0.4 is 4.90 Å². The van der Waals surface area contributed by atoms with Crippen LogP contribution in [0.5, 0.6) is 0 Å². The van der Waals surface area contributed by atoms with Crippen LogP contribution in [-0.2, 0) is 0 Å². The first-order chi connectivity index (χ1) is 10.5. The predicted octanol–water partition coefficient (Wildman–Crippen LogP) is 3.39. The second-order valence-electron chi connectivity index (χ2n) is 6.71. The number of hydrogen-bond donors (Lipinski definition) is 0. The van der Waals surface area contributed by atoms with Crippen LogP contribution in [0.15, 0.2) is 12.1 Å². The Balaban J connectivity index is 2.03. The molecule has 0 bridgehead atoms. The van der Waals surface area contributed by atoms with Gasteiger partial charge in [0.15, 0.2) is 0 Å². The molecule has 0 spiro atoms. The van der Waals surface area contributed by atoms with Crippen molar-refractivity contribution in [2.45, 2.75) is 51.5 Å². The largest absolute Gasteiger partial charge is 0.357 e. The van der Waals surface area contributed by atoms with Crippen LogP contribution in [0.1, 0.15) is 56.7 Å². The van der Waals surface area contributed by atoms with E-state index in [0.29, 0.717) is 11.5 Å². The first-order valence-electron chi connectivity index (χ1n) is 8.35. The van der Waals surface area contributed by atoms with Crippen molar-refractivity contribution in [2.24, 2.45) is 0 Å². The SMILES string of the molecule is CC(C)c1ccc(C#N)c(N(C)CCN(C)C2CCCC2)n1. The number of likely N-dealkylation sites (N-methyl/N-ethyl adjacent to an activating group) is 2. The third-order valence-electron chi connectivity index (χ3n) is 4.71. The van der Waals surface area contributed by atoms with E-state index >= 15 is 0 Å². The average molecular weight is 300 g/mol. The third kappa shape index (κ3) is 3.98. The summed E-state index contributed by atoms with van der Waals surface area (Å²) in [7, 11) is 4.25. The average Bonchev–Trinajstić information content (AvgIpc) is 3.06. The maximum Gasteiger partial charge on any atom is 0.146 e. The molecule has 0 atom stereocenters. The smallest absolute Gasteiger partial charge is 0.146 e. The molecular formula is C18H28N4. The van der Waals surface area contributed by atoms with Crippen molar-refractivity contribution in [3.8, 4) is 6.07 Å². The van der Waals surface area contributed by atoms with Crippen LogP contribution in [0.4, 0.5) is 5.82 Å². The standard InChI is InChI=1S/C18H28N4/c1-14(2)17-10-9-15(13-19)18(20-17)22(4)12-11-21(3)16-7-5-6-8-16/h9-10,14,16H,5-8,11-12H2,1-4H3. The van der Waals surface area contributed by atoms with Crippen molar-refractivity contribution in [3.05, 3.63) is 23.4 Å². The molecule has 4 heteroatoms. The Morgan fingerprint density at radius 3 is 2.50 bits per heavy atom. The molecule has 1 aromatic rings. The molecule has 0 amide bonds. The molecule has 0 aromatic carbocycles. The molecule has 4 nitrogen and oxygen atoms in total. The molecule has 1 heterocycles. The fourth-order valence-corrected chi connectivity index (χ4v) is 3.10. The summed E-state index contributed by atoms with van der Waals surface area (Å²) in [5, 5.41) is 9.32. The van der Waals surface area contributed by atoms with Crippen LogP contribution in [-0.4, -0.2) is 43.1 Å². The van der Waals surface area contributed by atoms with E-state index in [1.165, 1.54) is 25.7 Å². The zero-order chi connectivity index (χ0) is 16.1. The van der Waals surface area contributed by atoms with Crippen molar-refractivity contribution in [1.29, 1.82) is 5.26 Å². The van der Waals surface area contributed by atoms with E-state index in [2.05, 4.69) is 36.8 Å². The Kier molecular flexibility index (Phi) is 5.79. The number of anilines is 1. The summed E-state index contributed by atoms with van der Waals surface area (Å²) in [4.78, 5) is 9.28. The lowest BCUT2D eigenvalue weighted by Crippen LogP contribution is -2.36. The Labute approximate surface area is 134 Å². The fraction of sp³-hybridized carbons (Fsp3) is 0.667. The van der Waals surface area contributed by atoms with Crippen molar-refractivity contribution in [2.75, 3.05) is 32.1 Å². The Morgan fingerprint density at radius 1 is 1.23 bits per heavy atom. The quantitative estimate of drug-likeness (QED) is 0.807. The van der Waals surface area contributed by atoms with Crippen LogP contribution in [0.3, 0.4) is 0 Å². The third-order valence-corrected chi connectivity index (χ3v) is 4.71. The second-order valence-corrected chi connectivity index (χ2v) is 6.71. The number of rotatable bonds is 6. The summed E-state index contributed by atoms with van der Waals surface area (Å²) in [6.07, 6.45) is 5.37. The summed E-state index contributed by atoms with van der Waals surface area (Å²) in [5.74, 6) is 1.19. The van der Waals surface area contributed by atoms with Crippen LogP contribution in [0, 0.1) is 11.3 Å². The van der Waals surface area contributed by atoms with Gasteiger partial charge in [-0.2, -0.15) is 5.26 Å². The number of nitrogens with zero attached hydrogens (tertiary/aromatic N) is 4. The maximum absolute atomic E-state index is 9.32. The van der Waals surface area contributed by atoms with E-state index in [9.17, 15) is 5.26 Å². The van der Waals surface area contributed by atoms with E-state index < -0.39 is 0 Å². The maximum atomic E-state index is 9.32. The molecule has 0 radical (unpaired) electrons. The van der Waals surface area contributed by atoms with Crippen molar-refractivity contribution in [1.82, 2.24) is 9.88 Å². The van der Waals surface area contributed by atoms with Gasteiger partial charge in [0.05, 0.1) is 5.56 Å². The van der Waals surface area contributed by atoms with Crippen LogP contribution in [0.25, 0.3) is 0 Å². The number of aromatic nitrogens is 1. The highest BCUT2D eigenvalue weighted by molar-refractivity contribution is 5.54. The minimum atomic E-state index is 0.376. The Morgan fingerprint density at radius 2 is 1.91 bits per heavy atom. The van der Waals surface area contributed by atoms with Crippen molar-refractivity contribution >= 4 is 5.82 Å². The Bertz CT molecular complexity index is 526. The molecule has 0 saturated heterocycles. The van der Waals surface area contributed by atoms with Gasteiger partial charge in [-0.05, 0) is 37.9 Å². The molecule has 0 aliphatic heterocycles. The van der Waals surface area contributed by atoms with E-state index in [-0.39, 0.29) is 0 Å². The van der Waals surface area contributed by atoms with E-state index in [1.807, 2.05) is 19.2 Å². The van der Waals surface area contributed by atoms with E-state index in [1.54, 1.807) is 0 Å². The molecular weight excluding hydrogens is 272 g/mol. The normalized spacial score (nSPS) is 15.5. The molecule has 120 valence electrons. The minimum Gasteiger partial charge on any atom is -0.357 e. The highest BCUT2D eigenvalue weighted by Crippen LogP contribution is 2.23. The number of hydrogen-bond acceptors (Lipinski definition) is 4. The highest BCUT2D eigenvalue weighted by Gasteiger charge is 2.20. The minimum absolute atomic E-state index is 0.376. The fourth-order valence-electron chi connectivity index (χ4n) is 3.10. The van der Waals surface area contributed by atoms with Gasteiger partial charge in [-0.1, -0.05) is 26.7 Å². The summed E-state index contributed by atoms with van der Waals surface area (Å²) in [6.45, 7) is 6.17. The molecule has 1 aromatic heterocycles. The molecule has 1 aliphatic carbocycles. The predicted molar refractivity (Wildman–Crippen MR) is 91.2 cm³/mol. The van der Waals surface area contributed by atoms with Gasteiger partial charge in [0.1, 0.15) is 11.9 Å². The molecule has 1 fully saturated rings. The lowest BCUT2D eigenvalue weighted by molar-refractivity contribution is 0.251. The first-order valence-corrected chi connectivity index (χ1v) is 8.35. The topological polar surface area (TPSA) is 43.2 Å². The van der Waals surface area contributed by atoms with Gasteiger partial charge < -0.3 is 9.80 Å². The second kappa shape index (κ2) is 7.60. The summed E-state index contributed by atoms with van der Waals surface area (Å²) >= 11 is 0. The van der Waals surface area contributed by atoms with Crippen LogP contribution in [0.2, 0.25) is 0 Å². The van der Waals surface area contributed by atoms with Gasteiger partial charge in [-0.25, -0.2) is 4.98 Å². The Hall–Kier alpha value is -1.60. The highest BCUT2D eigenvalue weighted by atomic mass is 15.2. The molecule has 0 unspecified atom stereocenters. The van der Waals surface area contributed by atoms with Gasteiger partial charge in [0, 0.05) is 31.9 Å². The van der Waals surface area contributed by atoms with E-state index in [0.717, 1.165) is 30.6 Å². The first kappa shape index (κ1) is 16.8.